The van der Waals surface area contributed by atoms with Crippen LogP contribution in [0.15, 0.2) is 12.4 Å². The predicted molar refractivity (Wildman–Crippen MR) is 111 cm³/mol. The molecule has 0 aromatic carbocycles. The number of hydrogen-bond acceptors (Lipinski definition) is 4. The highest BCUT2D eigenvalue weighted by molar-refractivity contribution is 6.00. The van der Waals surface area contributed by atoms with Gasteiger partial charge in [0.1, 0.15) is 11.6 Å². The van der Waals surface area contributed by atoms with E-state index in [1.807, 2.05) is 12.4 Å². The molecule has 1 spiro atoms. The van der Waals surface area contributed by atoms with Crippen molar-refractivity contribution in [2.45, 2.75) is 69.5 Å². The number of nitrogens with one attached hydrogen (secondary N) is 1. The summed E-state index contributed by atoms with van der Waals surface area (Å²) in [6.45, 7) is 1.49. The fourth-order valence-electron chi connectivity index (χ4n) is 8.01. The molecule has 5 aliphatic carbocycles. The molecule has 2 amide bonds. The second kappa shape index (κ2) is 6.20. The van der Waals surface area contributed by atoms with Gasteiger partial charge < -0.3 is 14.8 Å². The minimum absolute atomic E-state index is 0.0193. The summed E-state index contributed by atoms with van der Waals surface area (Å²) in [5.74, 6) is 2.76. The number of Topliss-reactive ketones (excluding diaryl/α,β-unsaturated/α-hetero) is 1. The Morgan fingerprint density at radius 1 is 1.23 bits per heavy atom. The van der Waals surface area contributed by atoms with Crippen LogP contribution in [-0.4, -0.2) is 50.2 Å². The highest BCUT2D eigenvalue weighted by Gasteiger charge is 2.75. The van der Waals surface area contributed by atoms with Crippen LogP contribution in [0.3, 0.4) is 0 Å². The summed E-state index contributed by atoms with van der Waals surface area (Å²) in [6.07, 6.45) is 11.5. The number of aryl methyl sites for hydroxylation is 2. The van der Waals surface area contributed by atoms with Gasteiger partial charge in [0, 0.05) is 61.2 Å². The molecule has 7 unspecified atom stereocenters. The maximum absolute atomic E-state index is 13.6. The zero-order valence-electron chi connectivity index (χ0n) is 17.8. The summed E-state index contributed by atoms with van der Waals surface area (Å²) >= 11 is 0. The number of fused-ring (bicyclic) bond motifs is 1. The van der Waals surface area contributed by atoms with E-state index in [4.69, 9.17) is 0 Å². The van der Waals surface area contributed by atoms with Crippen molar-refractivity contribution in [1.29, 1.82) is 0 Å². The molecule has 5 saturated carbocycles. The second-order valence-corrected chi connectivity index (χ2v) is 11.0. The van der Waals surface area contributed by atoms with Crippen LogP contribution >= 0.6 is 0 Å². The molecule has 8 rings (SSSR count). The van der Waals surface area contributed by atoms with Crippen LogP contribution < -0.4 is 5.32 Å². The lowest BCUT2D eigenvalue weighted by Crippen LogP contribution is -2.53. The van der Waals surface area contributed by atoms with E-state index in [2.05, 4.69) is 19.8 Å². The monoisotopic (exact) mass is 422 g/mol. The summed E-state index contributed by atoms with van der Waals surface area (Å²) in [7, 11) is 0. The number of likely N-dealkylation sites (tertiary alicyclic amines) is 1. The third-order valence-electron chi connectivity index (χ3n) is 9.68. The van der Waals surface area contributed by atoms with Crippen LogP contribution in [0.1, 0.15) is 50.8 Å². The average Bonchev–Trinajstić information content (AvgIpc) is 3.21. The molecule has 4 bridgehead atoms. The SMILES string of the molecule is O=C(NC1CN(C(=O)C2CCc3nccn3CC2)C2(CCC2)C1)C1C2CC3C(C2=O)C31. The van der Waals surface area contributed by atoms with Gasteiger partial charge in [-0.3, -0.25) is 14.4 Å². The van der Waals surface area contributed by atoms with E-state index in [-0.39, 0.29) is 47.1 Å². The molecule has 3 heterocycles. The molecule has 6 fully saturated rings. The zero-order valence-corrected chi connectivity index (χ0v) is 17.8. The molecule has 7 aliphatic rings. The van der Waals surface area contributed by atoms with E-state index in [0.29, 0.717) is 24.2 Å². The number of carbonyl (C=O) groups excluding carboxylic acids is 3. The summed E-state index contributed by atoms with van der Waals surface area (Å²) < 4.78 is 2.18. The van der Waals surface area contributed by atoms with Crippen LogP contribution in [0, 0.1) is 35.5 Å². The first-order chi connectivity index (χ1) is 15.1. The summed E-state index contributed by atoms with van der Waals surface area (Å²) in [6, 6.07) is 0.0306. The van der Waals surface area contributed by atoms with Gasteiger partial charge in [-0.05, 0) is 56.8 Å². The molecule has 2 aliphatic heterocycles. The largest absolute Gasteiger partial charge is 0.351 e. The first-order valence-corrected chi connectivity index (χ1v) is 12.2. The fraction of sp³-hybridized carbons (Fsp3) is 0.750. The predicted octanol–water partition coefficient (Wildman–Crippen LogP) is 1.56. The Balaban J connectivity index is 1.04. The highest BCUT2D eigenvalue weighted by atomic mass is 16.2. The molecule has 7 atom stereocenters. The van der Waals surface area contributed by atoms with Gasteiger partial charge >= 0.3 is 0 Å². The van der Waals surface area contributed by atoms with Crippen molar-refractivity contribution >= 4 is 17.6 Å². The Bertz CT molecular complexity index is 959. The smallest absolute Gasteiger partial charge is 0.226 e. The number of nitrogens with zero attached hydrogens (tertiary/aromatic N) is 3. The Labute approximate surface area is 181 Å². The van der Waals surface area contributed by atoms with Crippen LogP contribution in [0.2, 0.25) is 0 Å². The van der Waals surface area contributed by atoms with Gasteiger partial charge in [0.25, 0.3) is 0 Å². The minimum Gasteiger partial charge on any atom is -0.351 e. The van der Waals surface area contributed by atoms with Crippen molar-refractivity contribution in [2.24, 2.45) is 35.5 Å². The zero-order chi connectivity index (χ0) is 20.9. The van der Waals surface area contributed by atoms with Crippen LogP contribution in [0.4, 0.5) is 0 Å². The number of amides is 2. The molecule has 0 radical (unpaired) electrons. The summed E-state index contributed by atoms with van der Waals surface area (Å²) in [4.78, 5) is 45.5. The first-order valence-electron chi connectivity index (χ1n) is 12.2. The quantitative estimate of drug-likeness (QED) is 0.801. The normalized spacial score (nSPS) is 41.1. The molecule has 1 aromatic rings. The molecule has 164 valence electrons. The van der Waals surface area contributed by atoms with Crippen LogP contribution in [0.25, 0.3) is 0 Å². The number of ketones is 1. The third kappa shape index (κ3) is 2.46. The number of aromatic nitrogens is 2. The van der Waals surface area contributed by atoms with Crippen molar-refractivity contribution < 1.29 is 14.4 Å². The van der Waals surface area contributed by atoms with E-state index in [1.165, 1.54) is 0 Å². The molecule has 1 N–H and O–H groups in total. The van der Waals surface area contributed by atoms with Crippen LogP contribution in [-0.2, 0) is 27.3 Å². The Hall–Kier alpha value is -2.18. The first kappa shape index (κ1) is 18.4. The topological polar surface area (TPSA) is 84.3 Å². The number of rotatable bonds is 3. The Kier molecular flexibility index (Phi) is 3.68. The van der Waals surface area contributed by atoms with Crippen molar-refractivity contribution in [3.63, 3.8) is 0 Å². The van der Waals surface area contributed by atoms with Gasteiger partial charge in [-0.2, -0.15) is 0 Å². The molecule has 7 heteroatoms. The lowest BCUT2D eigenvalue weighted by Gasteiger charge is -2.46. The van der Waals surface area contributed by atoms with Gasteiger partial charge in [0.2, 0.25) is 11.8 Å². The maximum Gasteiger partial charge on any atom is 0.226 e. The lowest BCUT2D eigenvalue weighted by atomic mass is 9.74. The van der Waals surface area contributed by atoms with Gasteiger partial charge in [0.15, 0.2) is 0 Å². The lowest BCUT2D eigenvalue weighted by molar-refractivity contribution is -0.143. The Morgan fingerprint density at radius 2 is 2.10 bits per heavy atom. The summed E-state index contributed by atoms with van der Waals surface area (Å²) in [5, 5.41) is 3.29. The Morgan fingerprint density at radius 3 is 2.77 bits per heavy atom. The molecular formula is C24H30N4O3. The van der Waals surface area contributed by atoms with Crippen molar-refractivity contribution in [1.82, 2.24) is 19.8 Å². The van der Waals surface area contributed by atoms with Gasteiger partial charge in [-0.15, -0.1) is 0 Å². The maximum atomic E-state index is 13.6. The second-order valence-electron chi connectivity index (χ2n) is 11.0. The molecule has 31 heavy (non-hydrogen) atoms. The van der Waals surface area contributed by atoms with Crippen LogP contribution in [0.5, 0.6) is 0 Å². The molecule has 1 saturated heterocycles. The number of imidazole rings is 1. The van der Waals surface area contributed by atoms with Gasteiger partial charge in [-0.1, -0.05) is 0 Å². The fourth-order valence-corrected chi connectivity index (χ4v) is 8.01. The van der Waals surface area contributed by atoms with Crippen molar-refractivity contribution in [2.75, 3.05) is 6.54 Å². The van der Waals surface area contributed by atoms with E-state index >= 15 is 0 Å². The van der Waals surface area contributed by atoms with Crippen molar-refractivity contribution in [3.05, 3.63) is 18.2 Å². The molecular weight excluding hydrogens is 392 g/mol. The minimum atomic E-state index is -0.0891. The molecule has 1 aromatic heterocycles. The van der Waals surface area contributed by atoms with E-state index in [9.17, 15) is 14.4 Å². The third-order valence-corrected chi connectivity index (χ3v) is 9.68. The van der Waals surface area contributed by atoms with E-state index < -0.39 is 0 Å². The molecule has 7 nitrogen and oxygen atoms in total. The standard InChI is InChI=1S/C24H30N4O3/c29-21-16-10-15-18(19(15)21)20(16)22(30)26-14-11-24(5-1-6-24)28(12-14)23(31)13-2-3-17-25-7-9-27(17)8-4-13/h7,9,13-16,18-20H,1-6,8,10-12H2,(H,26,30). The number of carbonyl (C=O) groups is 3. The average molecular weight is 423 g/mol. The summed E-state index contributed by atoms with van der Waals surface area (Å²) in [5.41, 5.74) is -0.0510. The van der Waals surface area contributed by atoms with Crippen molar-refractivity contribution in [3.8, 4) is 0 Å². The van der Waals surface area contributed by atoms with E-state index in [0.717, 1.165) is 63.7 Å². The van der Waals surface area contributed by atoms with Gasteiger partial charge in [-0.25, -0.2) is 4.98 Å². The van der Waals surface area contributed by atoms with Gasteiger partial charge in [0.05, 0.1) is 5.92 Å². The van der Waals surface area contributed by atoms with E-state index in [1.54, 1.807) is 0 Å². The highest BCUT2D eigenvalue weighted by Crippen LogP contribution is 2.71. The number of hydrogen-bond donors (Lipinski definition) is 1.